The van der Waals surface area contributed by atoms with Crippen LogP contribution < -0.4 is 0 Å². The molecule has 0 atom stereocenters. The lowest BCUT2D eigenvalue weighted by atomic mass is 10.3. The van der Waals surface area contributed by atoms with Gasteiger partial charge >= 0.3 is 0 Å². The van der Waals surface area contributed by atoms with Crippen LogP contribution in [0.1, 0.15) is 17.5 Å². The standard InChI is InChI=1S/C8H8O2/c1-2-4-7(9)8-5-3-6-10-8/h2-6H,1H3/b4-2+. The van der Waals surface area contributed by atoms with Crippen LogP contribution in [0, 0.1) is 0 Å². The third kappa shape index (κ3) is 1.35. The Morgan fingerprint density at radius 3 is 3.00 bits per heavy atom. The molecule has 0 bridgehead atoms. The lowest BCUT2D eigenvalue weighted by Crippen LogP contribution is -1.89. The molecule has 1 aromatic rings. The summed E-state index contributed by atoms with van der Waals surface area (Å²) in [5.41, 5.74) is 0. The van der Waals surface area contributed by atoms with Crippen molar-refractivity contribution in [3.05, 3.63) is 36.3 Å². The summed E-state index contributed by atoms with van der Waals surface area (Å²) in [7, 11) is 0. The van der Waals surface area contributed by atoms with Crippen molar-refractivity contribution >= 4 is 5.78 Å². The van der Waals surface area contributed by atoms with E-state index in [4.69, 9.17) is 4.42 Å². The molecule has 1 heterocycles. The predicted molar refractivity (Wildman–Crippen MR) is 37.9 cm³/mol. The van der Waals surface area contributed by atoms with Crippen LogP contribution in [0.3, 0.4) is 0 Å². The van der Waals surface area contributed by atoms with Crippen LogP contribution >= 0.6 is 0 Å². The van der Waals surface area contributed by atoms with E-state index in [1.54, 1.807) is 25.1 Å². The van der Waals surface area contributed by atoms with Crippen molar-refractivity contribution in [2.75, 3.05) is 0 Å². The Morgan fingerprint density at radius 1 is 1.70 bits per heavy atom. The first-order chi connectivity index (χ1) is 4.84. The summed E-state index contributed by atoms with van der Waals surface area (Å²) >= 11 is 0. The Hall–Kier alpha value is -1.31. The van der Waals surface area contributed by atoms with E-state index in [2.05, 4.69) is 0 Å². The van der Waals surface area contributed by atoms with Gasteiger partial charge in [0.25, 0.3) is 0 Å². The van der Waals surface area contributed by atoms with Gasteiger partial charge in [-0.25, -0.2) is 0 Å². The molecular weight excluding hydrogens is 128 g/mol. The molecule has 0 amide bonds. The maximum atomic E-state index is 10.9. The zero-order chi connectivity index (χ0) is 7.40. The van der Waals surface area contributed by atoms with Crippen LogP contribution in [0.25, 0.3) is 0 Å². The normalized spacial score (nSPS) is 10.5. The molecule has 10 heavy (non-hydrogen) atoms. The average Bonchev–Trinajstić information content (AvgIpc) is 2.38. The van der Waals surface area contributed by atoms with Gasteiger partial charge in [0, 0.05) is 0 Å². The van der Waals surface area contributed by atoms with Crippen molar-refractivity contribution in [2.24, 2.45) is 0 Å². The fourth-order valence-corrected chi connectivity index (χ4v) is 0.652. The van der Waals surface area contributed by atoms with Gasteiger partial charge in [0.2, 0.25) is 5.78 Å². The number of furan rings is 1. The molecule has 0 aliphatic rings. The number of carbonyl (C=O) groups is 1. The van der Waals surface area contributed by atoms with E-state index in [9.17, 15) is 4.79 Å². The third-order valence-electron chi connectivity index (χ3n) is 1.08. The summed E-state index contributed by atoms with van der Waals surface area (Å²) in [6, 6.07) is 3.33. The molecule has 0 aliphatic heterocycles. The first-order valence-electron chi connectivity index (χ1n) is 3.05. The number of allylic oxidation sites excluding steroid dienone is 2. The molecule has 2 heteroatoms. The van der Waals surface area contributed by atoms with Crippen LogP contribution in [0.4, 0.5) is 0 Å². The maximum Gasteiger partial charge on any atom is 0.220 e. The highest BCUT2D eigenvalue weighted by Gasteiger charge is 2.01. The van der Waals surface area contributed by atoms with Crippen molar-refractivity contribution in [3.63, 3.8) is 0 Å². The number of rotatable bonds is 2. The van der Waals surface area contributed by atoms with Crippen LogP contribution in [0.15, 0.2) is 35.0 Å². The van der Waals surface area contributed by atoms with Crippen LogP contribution in [0.5, 0.6) is 0 Å². The zero-order valence-electron chi connectivity index (χ0n) is 5.70. The van der Waals surface area contributed by atoms with Crippen LogP contribution in [0.2, 0.25) is 0 Å². The molecular formula is C8H8O2. The Kier molecular flexibility index (Phi) is 2.05. The Balaban J connectivity index is 2.78. The van der Waals surface area contributed by atoms with Crippen molar-refractivity contribution in [2.45, 2.75) is 6.92 Å². The SMILES string of the molecule is C/C=C/C(=O)c1ccco1. The third-order valence-corrected chi connectivity index (χ3v) is 1.08. The Bertz CT molecular complexity index is 232. The van der Waals surface area contributed by atoms with E-state index in [0.717, 1.165) is 0 Å². The maximum absolute atomic E-state index is 10.9. The molecule has 0 radical (unpaired) electrons. The Labute approximate surface area is 59.2 Å². The molecule has 0 aliphatic carbocycles. The summed E-state index contributed by atoms with van der Waals surface area (Å²) in [6.45, 7) is 1.79. The predicted octanol–water partition coefficient (Wildman–Crippen LogP) is 2.04. The number of hydrogen-bond donors (Lipinski definition) is 0. The van der Waals surface area contributed by atoms with Gasteiger partial charge in [-0.05, 0) is 25.1 Å². The first-order valence-corrected chi connectivity index (χ1v) is 3.05. The molecule has 1 aromatic heterocycles. The van der Waals surface area contributed by atoms with E-state index in [1.807, 2.05) is 0 Å². The highest BCUT2D eigenvalue weighted by molar-refractivity contribution is 6.02. The average molecular weight is 136 g/mol. The molecule has 52 valence electrons. The molecule has 2 nitrogen and oxygen atoms in total. The van der Waals surface area contributed by atoms with Crippen LogP contribution in [-0.2, 0) is 0 Å². The van der Waals surface area contributed by atoms with Gasteiger partial charge in [-0.2, -0.15) is 0 Å². The second-order valence-electron chi connectivity index (χ2n) is 1.84. The second-order valence-corrected chi connectivity index (χ2v) is 1.84. The van der Waals surface area contributed by atoms with Crippen molar-refractivity contribution in [1.29, 1.82) is 0 Å². The summed E-state index contributed by atoms with van der Waals surface area (Å²) in [6.07, 6.45) is 4.64. The minimum Gasteiger partial charge on any atom is -0.461 e. The number of hydrogen-bond acceptors (Lipinski definition) is 2. The highest BCUT2D eigenvalue weighted by Crippen LogP contribution is 2.01. The molecule has 0 fully saturated rings. The summed E-state index contributed by atoms with van der Waals surface area (Å²) in [4.78, 5) is 10.9. The zero-order valence-corrected chi connectivity index (χ0v) is 5.70. The molecule has 0 spiro atoms. The molecule has 0 saturated heterocycles. The van der Waals surface area contributed by atoms with Crippen LogP contribution in [-0.4, -0.2) is 5.78 Å². The minimum absolute atomic E-state index is 0.0903. The smallest absolute Gasteiger partial charge is 0.220 e. The van der Waals surface area contributed by atoms with E-state index >= 15 is 0 Å². The summed E-state index contributed by atoms with van der Waals surface area (Å²) in [5, 5.41) is 0. The second kappa shape index (κ2) is 3.01. The van der Waals surface area contributed by atoms with Crippen molar-refractivity contribution < 1.29 is 9.21 Å². The van der Waals surface area contributed by atoms with Gasteiger partial charge in [-0.15, -0.1) is 0 Å². The molecule has 0 saturated carbocycles. The molecule has 0 aromatic carbocycles. The largest absolute Gasteiger partial charge is 0.461 e. The minimum atomic E-state index is -0.0903. The van der Waals surface area contributed by atoms with E-state index in [0.29, 0.717) is 5.76 Å². The monoisotopic (exact) mass is 136 g/mol. The number of carbonyl (C=O) groups excluding carboxylic acids is 1. The Morgan fingerprint density at radius 2 is 2.50 bits per heavy atom. The summed E-state index contributed by atoms with van der Waals surface area (Å²) < 4.78 is 4.85. The van der Waals surface area contributed by atoms with Gasteiger partial charge in [0.1, 0.15) is 0 Å². The van der Waals surface area contributed by atoms with Gasteiger partial charge in [0.05, 0.1) is 6.26 Å². The van der Waals surface area contributed by atoms with Gasteiger partial charge in [-0.3, -0.25) is 4.79 Å². The van der Waals surface area contributed by atoms with Gasteiger partial charge in [-0.1, -0.05) is 6.08 Å². The fraction of sp³-hybridized carbons (Fsp3) is 0.125. The van der Waals surface area contributed by atoms with Gasteiger partial charge < -0.3 is 4.42 Å². The van der Waals surface area contributed by atoms with Gasteiger partial charge in [0.15, 0.2) is 5.76 Å². The van der Waals surface area contributed by atoms with Crippen molar-refractivity contribution in [1.82, 2.24) is 0 Å². The summed E-state index contributed by atoms with van der Waals surface area (Å²) in [5.74, 6) is 0.297. The lowest BCUT2D eigenvalue weighted by molar-refractivity contribution is 0.102. The first kappa shape index (κ1) is 6.81. The van der Waals surface area contributed by atoms with E-state index in [1.165, 1.54) is 12.3 Å². The van der Waals surface area contributed by atoms with E-state index < -0.39 is 0 Å². The fourth-order valence-electron chi connectivity index (χ4n) is 0.652. The topological polar surface area (TPSA) is 30.2 Å². The highest BCUT2D eigenvalue weighted by atomic mass is 16.3. The number of ketones is 1. The molecule has 0 N–H and O–H groups in total. The van der Waals surface area contributed by atoms with E-state index in [-0.39, 0.29) is 5.78 Å². The lowest BCUT2D eigenvalue weighted by Gasteiger charge is -1.83. The molecule has 1 rings (SSSR count). The quantitative estimate of drug-likeness (QED) is 0.460. The molecule has 0 unspecified atom stereocenters. The van der Waals surface area contributed by atoms with Crippen molar-refractivity contribution in [3.8, 4) is 0 Å².